The van der Waals surface area contributed by atoms with Gasteiger partial charge in [-0.15, -0.1) is 0 Å². The van der Waals surface area contributed by atoms with Crippen LogP contribution >= 0.6 is 15.9 Å². The number of carbonyl (C=O) groups is 1. The lowest BCUT2D eigenvalue weighted by Crippen LogP contribution is -1.98. The molecule has 0 amide bonds. The summed E-state index contributed by atoms with van der Waals surface area (Å²) < 4.78 is 0.556. The van der Waals surface area contributed by atoms with Gasteiger partial charge in [0.05, 0.1) is 5.56 Å². The van der Waals surface area contributed by atoms with Crippen molar-refractivity contribution in [2.75, 3.05) is 0 Å². The van der Waals surface area contributed by atoms with E-state index in [4.69, 9.17) is 5.11 Å². The summed E-state index contributed by atoms with van der Waals surface area (Å²) in [4.78, 5) is 18.7. The second-order valence-corrected chi connectivity index (χ2v) is 3.98. The van der Waals surface area contributed by atoms with Crippen LogP contribution < -0.4 is 0 Å². The normalized spacial score (nSPS) is 10.1. The van der Waals surface area contributed by atoms with Crippen molar-refractivity contribution in [2.24, 2.45) is 0 Å². The van der Waals surface area contributed by atoms with Crippen LogP contribution in [0.2, 0.25) is 0 Å². The van der Waals surface area contributed by atoms with Crippen molar-refractivity contribution >= 4 is 21.9 Å². The smallest absolute Gasteiger partial charge is 0.336 e. The van der Waals surface area contributed by atoms with Gasteiger partial charge in [-0.1, -0.05) is 6.07 Å². The highest BCUT2D eigenvalue weighted by Crippen LogP contribution is 2.24. The highest BCUT2D eigenvalue weighted by molar-refractivity contribution is 9.10. The molecule has 0 aliphatic carbocycles. The molecular weight excluding hydrogens is 272 g/mol. The minimum Gasteiger partial charge on any atom is -0.478 e. The summed E-state index contributed by atoms with van der Waals surface area (Å²) in [6, 6.07) is 5.10. The van der Waals surface area contributed by atoms with E-state index in [0.717, 1.165) is 11.1 Å². The minimum atomic E-state index is -0.967. The Balaban J connectivity index is 2.52. The van der Waals surface area contributed by atoms with Gasteiger partial charge in [0.25, 0.3) is 0 Å². The van der Waals surface area contributed by atoms with E-state index in [1.54, 1.807) is 24.5 Å². The van der Waals surface area contributed by atoms with E-state index in [9.17, 15) is 4.79 Å². The predicted molar refractivity (Wildman–Crippen MR) is 62.1 cm³/mol. The number of nitrogens with zero attached hydrogens (tertiary/aromatic N) is 2. The van der Waals surface area contributed by atoms with E-state index in [1.807, 2.05) is 6.07 Å². The highest BCUT2D eigenvalue weighted by atomic mass is 79.9. The summed E-state index contributed by atoms with van der Waals surface area (Å²) in [6.45, 7) is 0. The van der Waals surface area contributed by atoms with Crippen LogP contribution in [0.15, 0.2) is 41.4 Å². The fourth-order valence-electron chi connectivity index (χ4n) is 1.32. The third-order valence-electron chi connectivity index (χ3n) is 2.09. The molecule has 0 radical (unpaired) electrons. The van der Waals surface area contributed by atoms with Gasteiger partial charge in [0, 0.05) is 22.4 Å². The molecule has 0 saturated carbocycles. The number of hydrogen-bond donors (Lipinski definition) is 1. The molecule has 2 rings (SSSR count). The largest absolute Gasteiger partial charge is 0.478 e. The Hall–Kier alpha value is -1.75. The lowest BCUT2D eigenvalue weighted by molar-refractivity contribution is 0.0696. The van der Waals surface area contributed by atoms with Crippen molar-refractivity contribution in [3.05, 3.63) is 47.0 Å². The summed E-state index contributed by atoms with van der Waals surface area (Å²) in [5, 5.41) is 8.98. The maximum Gasteiger partial charge on any atom is 0.336 e. The third kappa shape index (κ3) is 2.09. The molecule has 2 aromatic rings. The zero-order valence-electron chi connectivity index (χ0n) is 8.09. The third-order valence-corrected chi connectivity index (χ3v) is 2.78. The highest BCUT2D eigenvalue weighted by Gasteiger charge is 2.09. The molecule has 0 unspecified atom stereocenters. The van der Waals surface area contributed by atoms with Crippen LogP contribution in [0.25, 0.3) is 11.1 Å². The fraction of sp³-hybridized carbons (Fsp3) is 0. The molecule has 1 aromatic heterocycles. The lowest BCUT2D eigenvalue weighted by Gasteiger charge is -2.03. The first kappa shape index (κ1) is 10.8. The van der Waals surface area contributed by atoms with Gasteiger partial charge in [-0.25, -0.2) is 14.8 Å². The lowest BCUT2D eigenvalue weighted by atomic mass is 10.1. The number of halogens is 1. The molecular formula is C11H7BrN2O2. The molecule has 0 atom stereocenters. The van der Waals surface area contributed by atoms with Crippen molar-refractivity contribution in [1.82, 2.24) is 9.97 Å². The van der Waals surface area contributed by atoms with Gasteiger partial charge in [0.1, 0.15) is 6.33 Å². The van der Waals surface area contributed by atoms with Gasteiger partial charge in [0.15, 0.2) is 0 Å². The standard InChI is InChI=1S/C11H7BrN2O2/c12-10-2-1-7(3-9(10)11(15)16)8-4-13-6-14-5-8/h1-6H,(H,15,16). The fourth-order valence-corrected chi connectivity index (χ4v) is 1.73. The van der Waals surface area contributed by atoms with Gasteiger partial charge >= 0.3 is 5.97 Å². The van der Waals surface area contributed by atoms with Crippen LogP contribution in [0.5, 0.6) is 0 Å². The Labute approximate surface area is 100 Å². The number of benzene rings is 1. The molecule has 1 N–H and O–H groups in total. The van der Waals surface area contributed by atoms with Crippen molar-refractivity contribution < 1.29 is 9.90 Å². The molecule has 0 spiro atoms. The van der Waals surface area contributed by atoms with Crippen LogP contribution in [0.4, 0.5) is 0 Å². The number of rotatable bonds is 2. The van der Waals surface area contributed by atoms with E-state index in [1.165, 1.54) is 6.33 Å². The molecule has 0 fully saturated rings. The van der Waals surface area contributed by atoms with Crippen molar-refractivity contribution in [2.45, 2.75) is 0 Å². The average molecular weight is 279 g/mol. The number of aromatic carboxylic acids is 1. The zero-order valence-corrected chi connectivity index (χ0v) is 9.68. The molecule has 80 valence electrons. The van der Waals surface area contributed by atoms with Crippen molar-refractivity contribution in [3.63, 3.8) is 0 Å². The molecule has 1 aromatic carbocycles. The van der Waals surface area contributed by atoms with Gasteiger partial charge < -0.3 is 5.11 Å². The summed E-state index contributed by atoms with van der Waals surface area (Å²) in [7, 11) is 0. The topological polar surface area (TPSA) is 63.1 Å². The van der Waals surface area contributed by atoms with E-state index in [-0.39, 0.29) is 5.56 Å². The second-order valence-electron chi connectivity index (χ2n) is 3.13. The molecule has 0 saturated heterocycles. The second kappa shape index (κ2) is 4.40. The predicted octanol–water partition coefficient (Wildman–Crippen LogP) is 2.60. The summed E-state index contributed by atoms with van der Waals surface area (Å²) in [5.74, 6) is -0.967. The zero-order chi connectivity index (χ0) is 11.5. The van der Waals surface area contributed by atoms with Crippen molar-refractivity contribution in [3.8, 4) is 11.1 Å². The van der Waals surface area contributed by atoms with Crippen molar-refractivity contribution in [1.29, 1.82) is 0 Å². The molecule has 4 nitrogen and oxygen atoms in total. The first-order chi connectivity index (χ1) is 7.68. The van der Waals surface area contributed by atoms with Crippen LogP contribution in [0, 0.1) is 0 Å². The number of aromatic nitrogens is 2. The molecule has 1 heterocycles. The maximum atomic E-state index is 10.9. The van der Waals surface area contributed by atoms with Crippen LogP contribution in [-0.4, -0.2) is 21.0 Å². The molecule has 5 heteroatoms. The monoisotopic (exact) mass is 278 g/mol. The van der Waals surface area contributed by atoms with Crippen LogP contribution in [0.1, 0.15) is 10.4 Å². The minimum absolute atomic E-state index is 0.223. The van der Waals surface area contributed by atoms with E-state index >= 15 is 0 Å². The Kier molecular flexibility index (Phi) is 2.96. The van der Waals surface area contributed by atoms with E-state index < -0.39 is 5.97 Å². The Morgan fingerprint density at radius 3 is 2.50 bits per heavy atom. The first-order valence-corrected chi connectivity index (χ1v) is 5.26. The summed E-state index contributed by atoms with van der Waals surface area (Å²) in [6.07, 6.45) is 4.71. The van der Waals surface area contributed by atoms with Crippen LogP contribution in [-0.2, 0) is 0 Å². The van der Waals surface area contributed by atoms with E-state index in [0.29, 0.717) is 4.47 Å². The number of carboxylic acid groups (broad SMARTS) is 1. The summed E-state index contributed by atoms with van der Waals surface area (Å²) in [5.41, 5.74) is 1.79. The molecule has 16 heavy (non-hydrogen) atoms. The Morgan fingerprint density at radius 1 is 1.19 bits per heavy atom. The maximum absolute atomic E-state index is 10.9. The number of hydrogen-bond acceptors (Lipinski definition) is 3. The van der Waals surface area contributed by atoms with Gasteiger partial charge in [-0.05, 0) is 33.6 Å². The average Bonchev–Trinajstić information content (AvgIpc) is 2.30. The van der Waals surface area contributed by atoms with Gasteiger partial charge in [-0.2, -0.15) is 0 Å². The van der Waals surface area contributed by atoms with Gasteiger partial charge in [0.2, 0.25) is 0 Å². The van der Waals surface area contributed by atoms with E-state index in [2.05, 4.69) is 25.9 Å². The van der Waals surface area contributed by atoms with Gasteiger partial charge in [-0.3, -0.25) is 0 Å². The Bertz CT molecular complexity index is 529. The first-order valence-electron chi connectivity index (χ1n) is 4.46. The molecule has 0 bridgehead atoms. The number of carboxylic acids is 1. The molecule has 0 aliphatic heterocycles. The molecule has 0 aliphatic rings. The SMILES string of the molecule is O=C(O)c1cc(-c2cncnc2)ccc1Br. The van der Waals surface area contributed by atoms with Crippen LogP contribution in [0.3, 0.4) is 0 Å². The Morgan fingerprint density at radius 2 is 1.88 bits per heavy atom. The quantitative estimate of drug-likeness (QED) is 0.917. The summed E-state index contributed by atoms with van der Waals surface area (Å²) >= 11 is 3.19.